The molecule has 6 aromatic rings. The summed E-state index contributed by atoms with van der Waals surface area (Å²) in [6.45, 7) is 1.29. The lowest BCUT2D eigenvalue weighted by Gasteiger charge is -2.00. The maximum Gasteiger partial charge on any atom is 0.433 e. The van der Waals surface area contributed by atoms with Crippen molar-refractivity contribution in [2.45, 2.75) is 6.92 Å². The average Bonchev–Trinajstić information content (AvgIpc) is 3.72. The number of benzene rings is 2. The Balaban J connectivity index is 0.000000162. The Morgan fingerprint density at radius 1 is 0.775 bits per heavy atom. The van der Waals surface area contributed by atoms with Crippen LogP contribution in [-0.2, 0) is 4.79 Å². The summed E-state index contributed by atoms with van der Waals surface area (Å²) < 4.78 is 20.4. The van der Waals surface area contributed by atoms with Gasteiger partial charge in [0.1, 0.15) is 26.6 Å². The molecule has 0 aliphatic heterocycles. The third-order valence-electron chi connectivity index (χ3n) is 5.44. The summed E-state index contributed by atoms with van der Waals surface area (Å²) in [7, 11) is 1.56. The first-order valence-electron chi connectivity index (χ1n) is 11.4. The van der Waals surface area contributed by atoms with Crippen molar-refractivity contribution in [3.63, 3.8) is 0 Å². The highest BCUT2D eigenvalue weighted by Gasteiger charge is 2.18. The molecule has 0 saturated carbocycles. The first-order valence-corrected chi connectivity index (χ1v) is 11.4. The molecule has 0 bridgehead atoms. The second-order valence-electron chi connectivity index (χ2n) is 8.06. The van der Waals surface area contributed by atoms with E-state index in [1.807, 2.05) is 12.1 Å². The number of carbonyl (C=O) groups excluding carboxylic acids is 1. The van der Waals surface area contributed by atoms with Gasteiger partial charge in [0.2, 0.25) is 0 Å². The Labute approximate surface area is 222 Å². The Morgan fingerprint density at radius 2 is 1.25 bits per heavy atom. The van der Waals surface area contributed by atoms with Gasteiger partial charge in [0.15, 0.2) is 28.9 Å². The minimum Gasteiger partial charge on any atom is -0.494 e. The number of fused-ring (bicyclic) bond motifs is 2. The molecule has 0 spiro atoms. The van der Waals surface area contributed by atoms with Crippen LogP contribution in [0.15, 0.2) is 69.5 Å². The minimum atomic E-state index is -0.629. The van der Waals surface area contributed by atoms with Crippen molar-refractivity contribution in [3.05, 3.63) is 80.9 Å². The van der Waals surface area contributed by atoms with Crippen LogP contribution in [0, 0.1) is 20.2 Å². The molecule has 15 heteroatoms. The first-order chi connectivity index (χ1) is 19.2. The highest BCUT2D eigenvalue weighted by atomic mass is 16.7. The second-order valence-corrected chi connectivity index (χ2v) is 8.06. The van der Waals surface area contributed by atoms with Gasteiger partial charge in [-0.3, -0.25) is 25.0 Å². The van der Waals surface area contributed by atoms with E-state index < -0.39 is 15.8 Å². The second kappa shape index (κ2) is 10.4. The van der Waals surface area contributed by atoms with Crippen LogP contribution in [0.4, 0.5) is 11.8 Å². The van der Waals surface area contributed by atoms with Crippen molar-refractivity contribution in [3.8, 4) is 34.7 Å². The number of esters is 1. The number of hydrogen-bond donors (Lipinski definition) is 2. The quantitative estimate of drug-likeness (QED) is 0.117. The number of para-hydroxylation sites is 2. The van der Waals surface area contributed by atoms with Gasteiger partial charge in [-0.1, -0.05) is 12.1 Å². The van der Waals surface area contributed by atoms with E-state index in [1.54, 1.807) is 31.4 Å². The van der Waals surface area contributed by atoms with Gasteiger partial charge >= 0.3 is 17.7 Å². The summed E-state index contributed by atoms with van der Waals surface area (Å²) in [5, 5.41) is 21.2. The van der Waals surface area contributed by atoms with E-state index in [1.165, 1.54) is 31.2 Å². The van der Waals surface area contributed by atoms with Crippen LogP contribution in [0.2, 0.25) is 0 Å². The number of aromatic amines is 2. The van der Waals surface area contributed by atoms with Crippen LogP contribution in [0.25, 0.3) is 45.2 Å². The van der Waals surface area contributed by atoms with Crippen LogP contribution in [-0.4, -0.2) is 42.9 Å². The number of nitro groups is 2. The summed E-state index contributed by atoms with van der Waals surface area (Å²) in [5.74, 6) is 1.07. The summed E-state index contributed by atoms with van der Waals surface area (Å²) in [5.41, 5.74) is 2.50. The van der Waals surface area contributed by atoms with Gasteiger partial charge in [0.25, 0.3) is 0 Å². The summed E-state index contributed by atoms with van der Waals surface area (Å²) in [6.07, 6.45) is 0. The number of methoxy groups -OCH3 is 1. The molecule has 15 nitrogen and oxygen atoms in total. The molecular formula is C25H18N6O9. The molecule has 0 radical (unpaired) electrons. The molecule has 4 aromatic heterocycles. The highest BCUT2D eigenvalue weighted by molar-refractivity contribution is 5.87. The molecule has 0 amide bonds. The molecule has 202 valence electrons. The van der Waals surface area contributed by atoms with Crippen molar-refractivity contribution in [1.82, 2.24) is 19.9 Å². The number of rotatable bonds is 6. The maximum atomic E-state index is 11.1. The summed E-state index contributed by atoms with van der Waals surface area (Å²) in [4.78, 5) is 45.6. The Hall–Kier alpha value is -5.99. The number of aromatic nitrogens is 4. The monoisotopic (exact) mass is 546 g/mol. The fourth-order valence-corrected chi connectivity index (χ4v) is 3.75. The molecule has 0 aliphatic rings. The van der Waals surface area contributed by atoms with Crippen molar-refractivity contribution in [2.24, 2.45) is 0 Å². The van der Waals surface area contributed by atoms with Crippen molar-refractivity contribution >= 4 is 39.8 Å². The molecule has 4 heterocycles. The number of carbonyl (C=O) groups is 1. The number of ether oxygens (including phenoxy) is 2. The molecule has 0 unspecified atom stereocenters. The van der Waals surface area contributed by atoms with E-state index in [-0.39, 0.29) is 17.5 Å². The van der Waals surface area contributed by atoms with E-state index in [0.717, 1.165) is 5.52 Å². The molecule has 0 saturated heterocycles. The number of H-pyrrole nitrogens is 2. The fourth-order valence-electron chi connectivity index (χ4n) is 3.75. The van der Waals surface area contributed by atoms with Crippen LogP contribution in [0.5, 0.6) is 11.5 Å². The summed E-state index contributed by atoms with van der Waals surface area (Å²) >= 11 is 0. The van der Waals surface area contributed by atoms with E-state index in [4.69, 9.17) is 18.3 Å². The van der Waals surface area contributed by atoms with Crippen LogP contribution in [0.1, 0.15) is 6.92 Å². The maximum absolute atomic E-state index is 11.1. The van der Waals surface area contributed by atoms with Crippen LogP contribution < -0.4 is 9.47 Å². The van der Waals surface area contributed by atoms with Gasteiger partial charge in [-0.05, 0) is 36.4 Å². The zero-order valence-electron chi connectivity index (χ0n) is 20.7. The minimum absolute atomic E-state index is 0.228. The van der Waals surface area contributed by atoms with Crippen molar-refractivity contribution < 1.29 is 32.9 Å². The van der Waals surface area contributed by atoms with Crippen LogP contribution >= 0.6 is 0 Å². The molecule has 0 fully saturated rings. The third kappa shape index (κ3) is 5.06. The van der Waals surface area contributed by atoms with E-state index in [9.17, 15) is 25.0 Å². The van der Waals surface area contributed by atoms with Gasteiger partial charge in [0, 0.05) is 6.92 Å². The van der Waals surface area contributed by atoms with Crippen molar-refractivity contribution in [1.29, 1.82) is 0 Å². The number of imidazole rings is 2. The van der Waals surface area contributed by atoms with Gasteiger partial charge in [-0.15, -0.1) is 0 Å². The average molecular weight is 546 g/mol. The predicted octanol–water partition coefficient (Wildman–Crippen LogP) is 5.40. The first kappa shape index (κ1) is 25.7. The Kier molecular flexibility index (Phi) is 6.67. The number of nitrogens with one attached hydrogen (secondary N) is 2. The zero-order valence-corrected chi connectivity index (χ0v) is 20.7. The van der Waals surface area contributed by atoms with Gasteiger partial charge in [-0.2, -0.15) is 0 Å². The predicted molar refractivity (Wildman–Crippen MR) is 139 cm³/mol. The SMILES string of the molecule is CC(=O)Oc1cccc2[nH]c(-c3ccc([N+](=O)[O-])o3)nc12.COc1cccc2[nH]c(-c3ccc([N+](=O)[O-])o3)nc12. The van der Waals surface area contributed by atoms with E-state index in [0.29, 0.717) is 45.5 Å². The van der Waals surface area contributed by atoms with E-state index in [2.05, 4.69) is 19.9 Å². The van der Waals surface area contributed by atoms with Gasteiger partial charge in [-0.25, -0.2) is 9.97 Å². The molecule has 0 aliphatic carbocycles. The Bertz CT molecular complexity index is 1880. The lowest BCUT2D eigenvalue weighted by Crippen LogP contribution is -2.01. The number of nitrogens with zero attached hydrogens (tertiary/aromatic N) is 4. The highest BCUT2D eigenvalue weighted by Crippen LogP contribution is 2.31. The lowest BCUT2D eigenvalue weighted by atomic mass is 10.3. The topological polar surface area (TPSA) is 205 Å². The van der Waals surface area contributed by atoms with Gasteiger partial charge in [0.05, 0.1) is 30.3 Å². The number of hydrogen-bond acceptors (Lipinski definition) is 11. The normalized spacial score (nSPS) is 10.8. The standard InChI is InChI=1S/C13H9N3O5.C12H9N3O4/c1-7(17)20-9-4-2-3-8-12(9)15-13(14-8)10-5-6-11(21-10)16(18)19;1-18-8-4-2-3-7-11(8)14-12(13-7)9-5-6-10(19-9)15(16)17/h2-6H,1H3,(H,14,15);2-6H,1H3,(H,13,14). The van der Waals surface area contributed by atoms with E-state index >= 15 is 0 Å². The van der Waals surface area contributed by atoms with Gasteiger partial charge < -0.3 is 28.3 Å². The van der Waals surface area contributed by atoms with Crippen molar-refractivity contribution in [2.75, 3.05) is 7.11 Å². The lowest BCUT2D eigenvalue weighted by molar-refractivity contribution is -0.402. The molecular weight excluding hydrogens is 528 g/mol. The molecule has 0 atom stereocenters. The molecule has 2 aromatic carbocycles. The Morgan fingerprint density at radius 3 is 1.68 bits per heavy atom. The third-order valence-corrected chi connectivity index (χ3v) is 5.44. The number of furan rings is 2. The summed E-state index contributed by atoms with van der Waals surface area (Å²) in [6, 6.07) is 16.0. The van der Waals surface area contributed by atoms with Crippen LogP contribution in [0.3, 0.4) is 0 Å². The smallest absolute Gasteiger partial charge is 0.433 e. The zero-order chi connectivity index (χ0) is 28.4. The fraction of sp³-hybridized carbons (Fsp3) is 0.0800. The molecule has 2 N–H and O–H groups in total. The molecule has 6 rings (SSSR count). The molecule has 40 heavy (non-hydrogen) atoms. The largest absolute Gasteiger partial charge is 0.494 e.